The van der Waals surface area contributed by atoms with Crippen molar-refractivity contribution in [3.05, 3.63) is 74.4 Å². The Hall–Kier alpha value is -3.59. The van der Waals surface area contributed by atoms with E-state index in [1.54, 1.807) is 54.0 Å². The fourth-order valence-corrected chi connectivity index (χ4v) is 3.46. The highest BCUT2D eigenvalue weighted by Gasteiger charge is 2.22. The van der Waals surface area contributed by atoms with E-state index in [9.17, 15) is 19.7 Å². The summed E-state index contributed by atoms with van der Waals surface area (Å²) in [6, 6.07) is 11.8. The number of nitrogens with one attached hydrogen (secondary N) is 1. The number of hydrogen-bond donors (Lipinski definition) is 1. The number of carbonyl (C=O) groups excluding carboxylic acids is 2. The van der Waals surface area contributed by atoms with Crippen molar-refractivity contribution in [2.45, 2.75) is 13.3 Å². The zero-order valence-corrected chi connectivity index (χ0v) is 17.6. The maximum atomic E-state index is 13.2. The molecule has 0 saturated heterocycles. The van der Waals surface area contributed by atoms with Gasteiger partial charge in [0, 0.05) is 28.2 Å². The number of ether oxygens (including phenoxy) is 1. The van der Waals surface area contributed by atoms with Crippen LogP contribution in [0.2, 0.25) is 5.02 Å². The number of hydrogen-bond acceptors (Lipinski definition) is 6. The van der Waals surface area contributed by atoms with Crippen LogP contribution in [0.4, 0.5) is 0 Å². The molecular formula is C21H20ClN3O6. The van der Waals surface area contributed by atoms with E-state index in [0.717, 1.165) is 0 Å². The van der Waals surface area contributed by atoms with Gasteiger partial charge < -0.3 is 14.9 Å². The summed E-state index contributed by atoms with van der Waals surface area (Å²) in [6.07, 6.45) is -0.0190. The van der Waals surface area contributed by atoms with Crippen molar-refractivity contribution in [1.29, 1.82) is 0 Å². The van der Waals surface area contributed by atoms with Gasteiger partial charge in [-0.1, -0.05) is 11.6 Å². The molecule has 1 aromatic heterocycles. The molecule has 0 atom stereocenters. The van der Waals surface area contributed by atoms with E-state index >= 15 is 0 Å². The Bertz CT molecular complexity index is 1140. The summed E-state index contributed by atoms with van der Waals surface area (Å²) in [4.78, 5) is 40.0. The highest BCUT2D eigenvalue weighted by Crippen LogP contribution is 2.30. The molecule has 10 heteroatoms. The van der Waals surface area contributed by atoms with E-state index in [-0.39, 0.29) is 31.4 Å². The normalized spacial score (nSPS) is 10.7. The van der Waals surface area contributed by atoms with Crippen molar-refractivity contribution in [1.82, 2.24) is 9.88 Å². The summed E-state index contributed by atoms with van der Waals surface area (Å²) in [5, 5.41) is 13.1. The molecule has 3 aromatic rings. The minimum atomic E-state index is -0.918. The molecule has 0 spiro atoms. The van der Waals surface area contributed by atoms with Crippen molar-refractivity contribution in [2.24, 2.45) is 0 Å². The molecule has 0 aliphatic heterocycles. The largest absolute Gasteiger partial charge is 0.497 e. The SMILES string of the molecule is COc1ccc2c(c1)c(CC(=O)NCCO[N+](=O)[O-])c(C)n2C(=O)c1ccc(Cl)cc1. The second-order valence-corrected chi connectivity index (χ2v) is 7.11. The highest BCUT2D eigenvalue weighted by molar-refractivity contribution is 6.30. The molecule has 31 heavy (non-hydrogen) atoms. The topological polar surface area (TPSA) is 113 Å². The van der Waals surface area contributed by atoms with Gasteiger partial charge in [0.05, 0.1) is 19.0 Å². The molecule has 162 valence electrons. The maximum absolute atomic E-state index is 13.2. The van der Waals surface area contributed by atoms with Crippen LogP contribution in [0.1, 0.15) is 21.6 Å². The quantitative estimate of drug-likeness (QED) is 0.324. The first-order chi connectivity index (χ1) is 14.8. The van der Waals surface area contributed by atoms with Crippen LogP contribution in [0.25, 0.3) is 10.9 Å². The molecule has 3 rings (SSSR count). The van der Waals surface area contributed by atoms with E-state index in [4.69, 9.17) is 16.3 Å². The fourth-order valence-electron chi connectivity index (χ4n) is 3.33. The molecule has 1 heterocycles. The van der Waals surface area contributed by atoms with Crippen LogP contribution in [0, 0.1) is 17.0 Å². The van der Waals surface area contributed by atoms with Gasteiger partial charge in [-0.15, -0.1) is 10.1 Å². The first-order valence-electron chi connectivity index (χ1n) is 9.34. The molecule has 1 N–H and O–H groups in total. The fraction of sp³-hybridized carbons (Fsp3) is 0.238. The molecule has 0 radical (unpaired) electrons. The molecule has 0 unspecified atom stereocenters. The Balaban J connectivity index is 1.96. The standard InChI is InChI=1S/C21H20ClN3O6/c1-13-17(12-20(26)23-9-10-31-25(28)29)18-11-16(30-2)7-8-19(18)24(13)21(27)14-3-5-15(22)6-4-14/h3-8,11H,9-10,12H2,1-2H3,(H,23,26). The monoisotopic (exact) mass is 445 g/mol. The maximum Gasteiger partial charge on any atom is 0.294 e. The van der Waals surface area contributed by atoms with Crippen LogP contribution in [0.15, 0.2) is 42.5 Å². The first-order valence-corrected chi connectivity index (χ1v) is 9.71. The Kier molecular flexibility index (Phi) is 6.76. The molecular weight excluding hydrogens is 426 g/mol. The minimum Gasteiger partial charge on any atom is -0.497 e. The lowest BCUT2D eigenvalue weighted by Gasteiger charge is -2.08. The Morgan fingerprint density at radius 1 is 1.19 bits per heavy atom. The highest BCUT2D eigenvalue weighted by atomic mass is 35.5. The van der Waals surface area contributed by atoms with Crippen molar-refractivity contribution in [2.75, 3.05) is 20.3 Å². The second-order valence-electron chi connectivity index (χ2n) is 6.68. The lowest BCUT2D eigenvalue weighted by Crippen LogP contribution is -2.29. The number of aromatic nitrogens is 1. The van der Waals surface area contributed by atoms with Crippen LogP contribution in [0.5, 0.6) is 5.75 Å². The van der Waals surface area contributed by atoms with Crippen LogP contribution in [-0.2, 0) is 16.1 Å². The summed E-state index contributed by atoms with van der Waals surface area (Å²) in [7, 11) is 1.53. The number of halogens is 1. The third-order valence-corrected chi connectivity index (χ3v) is 5.05. The molecule has 0 aliphatic rings. The van der Waals surface area contributed by atoms with Crippen LogP contribution in [-0.4, -0.2) is 41.7 Å². The summed E-state index contributed by atoms with van der Waals surface area (Å²) in [5.74, 6) is -0.0177. The summed E-state index contributed by atoms with van der Waals surface area (Å²) < 4.78 is 6.85. The Labute approximate surface area is 182 Å². The van der Waals surface area contributed by atoms with Gasteiger partial charge in [0.2, 0.25) is 5.91 Å². The number of benzene rings is 2. The Morgan fingerprint density at radius 3 is 2.55 bits per heavy atom. The molecule has 0 bridgehead atoms. The molecule has 0 saturated carbocycles. The van der Waals surface area contributed by atoms with Gasteiger partial charge in [-0.25, -0.2) is 0 Å². The number of methoxy groups -OCH3 is 1. The van der Waals surface area contributed by atoms with Crippen LogP contribution >= 0.6 is 11.6 Å². The predicted molar refractivity (Wildman–Crippen MR) is 114 cm³/mol. The Morgan fingerprint density at radius 2 is 1.90 bits per heavy atom. The van der Waals surface area contributed by atoms with E-state index in [1.165, 1.54) is 7.11 Å². The van der Waals surface area contributed by atoms with Crippen molar-refractivity contribution in [3.8, 4) is 5.75 Å². The minimum absolute atomic E-state index is 0.00940. The van der Waals surface area contributed by atoms with Crippen molar-refractivity contribution < 1.29 is 24.3 Å². The number of carbonyl (C=O) groups is 2. The van der Waals surface area contributed by atoms with Crippen LogP contribution < -0.4 is 10.1 Å². The molecule has 9 nitrogen and oxygen atoms in total. The predicted octanol–water partition coefficient (Wildman–Crippen LogP) is 3.17. The summed E-state index contributed by atoms with van der Waals surface area (Å²) in [5.41, 5.74) is 2.36. The van der Waals surface area contributed by atoms with Gasteiger partial charge in [0.25, 0.3) is 11.0 Å². The third-order valence-electron chi connectivity index (χ3n) is 4.79. The second kappa shape index (κ2) is 9.48. The first kappa shape index (κ1) is 22.1. The number of rotatable bonds is 8. The van der Waals surface area contributed by atoms with Gasteiger partial charge in [-0.2, -0.15) is 0 Å². The average molecular weight is 446 g/mol. The van der Waals surface area contributed by atoms with Gasteiger partial charge in [-0.3, -0.25) is 14.2 Å². The summed E-state index contributed by atoms with van der Waals surface area (Å²) in [6.45, 7) is 1.51. The average Bonchev–Trinajstić information content (AvgIpc) is 3.01. The summed E-state index contributed by atoms with van der Waals surface area (Å²) >= 11 is 5.93. The van der Waals surface area contributed by atoms with Gasteiger partial charge >= 0.3 is 0 Å². The molecule has 0 aliphatic carbocycles. The van der Waals surface area contributed by atoms with E-state index in [0.29, 0.717) is 38.5 Å². The van der Waals surface area contributed by atoms with E-state index in [2.05, 4.69) is 10.2 Å². The van der Waals surface area contributed by atoms with Gasteiger partial charge in [0.15, 0.2) is 0 Å². The molecule has 0 fully saturated rings. The van der Waals surface area contributed by atoms with E-state index < -0.39 is 5.09 Å². The zero-order valence-electron chi connectivity index (χ0n) is 16.9. The van der Waals surface area contributed by atoms with Crippen LogP contribution in [0.3, 0.4) is 0 Å². The molecule has 1 amide bonds. The van der Waals surface area contributed by atoms with Gasteiger partial charge in [-0.05, 0) is 55.0 Å². The molecule has 2 aromatic carbocycles. The lowest BCUT2D eigenvalue weighted by atomic mass is 10.1. The third kappa shape index (κ3) is 4.95. The lowest BCUT2D eigenvalue weighted by molar-refractivity contribution is -0.757. The number of fused-ring (bicyclic) bond motifs is 1. The van der Waals surface area contributed by atoms with Crippen molar-refractivity contribution >= 4 is 34.3 Å². The number of nitrogens with zero attached hydrogens (tertiary/aromatic N) is 2. The van der Waals surface area contributed by atoms with E-state index in [1.807, 2.05) is 0 Å². The smallest absolute Gasteiger partial charge is 0.294 e. The van der Waals surface area contributed by atoms with Gasteiger partial charge in [0.1, 0.15) is 12.4 Å². The number of amides is 1. The zero-order chi connectivity index (χ0) is 22.5. The van der Waals surface area contributed by atoms with Crippen molar-refractivity contribution in [3.63, 3.8) is 0 Å².